The number of para-hydroxylation sites is 1. The van der Waals surface area contributed by atoms with Crippen molar-refractivity contribution in [3.05, 3.63) is 88.2 Å². The van der Waals surface area contributed by atoms with Crippen molar-refractivity contribution < 1.29 is 23.5 Å². The molecule has 0 saturated heterocycles. The van der Waals surface area contributed by atoms with E-state index in [1.165, 1.54) is 29.3 Å². The van der Waals surface area contributed by atoms with Crippen molar-refractivity contribution in [3.8, 4) is 11.5 Å². The van der Waals surface area contributed by atoms with E-state index in [9.17, 15) is 14.0 Å². The lowest BCUT2D eigenvalue weighted by molar-refractivity contribution is -0.118. The molecule has 2 amide bonds. The maximum atomic E-state index is 13.1. The van der Waals surface area contributed by atoms with Crippen LogP contribution in [0.2, 0.25) is 0 Å². The quantitative estimate of drug-likeness (QED) is 0.358. The Morgan fingerprint density at radius 1 is 1.08 bits per heavy atom. The molecular weight excluding hydrogens is 529 g/mol. The number of ether oxygens (including phenoxy) is 2. The first kappa shape index (κ1) is 25.1. The number of carbonyl (C=O) groups is 2. The summed E-state index contributed by atoms with van der Waals surface area (Å²) in [5, 5.41) is 8.42. The van der Waals surface area contributed by atoms with Crippen LogP contribution in [0.5, 0.6) is 11.5 Å². The van der Waals surface area contributed by atoms with Crippen LogP contribution < -0.4 is 19.8 Å². The molecule has 3 aromatic carbocycles. The summed E-state index contributed by atoms with van der Waals surface area (Å²) in [4.78, 5) is 25.4. The molecule has 0 saturated carbocycles. The SMILES string of the molecule is CCOc1cc(/C=C2/C(=O)N(c3ccccc3)N=C2C)c(Br)cc1OCC(=O)Nc1ccc(F)cc1. The predicted octanol–water partition coefficient (Wildman–Crippen LogP) is 5.81. The van der Waals surface area contributed by atoms with Gasteiger partial charge in [-0.05, 0) is 74.0 Å². The number of hydrogen-bond acceptors (Lipinski definition) is 5. The topological polar surface area (TPSA) is 80.2 Å². The Labute approximate surface area is 216 Å². The molecule has 4 rings (SSSR count). The normalized spacial score (nSPS) is 14.1. The summed E-state index contributed by atoms with van der Waals surface area (Å²) >= 11 is 3.53. The molecule has 1 N–H and O–H groups in total. The monoisotopic (exact) mass is 551 g/mol. The lowest BCUT2D eigenvalue weighted by Crippen LogP contribution is -2.21. The number of carbonyl (C=O) groups excluding carboxylic acids is 2. The van der Waals surface area contributed by atoms with Gasteiger partial charge in [0.1, 0.15) is 5.82 Å². The lowest BCUT2D eigenvalue weighted by atomic mass is 10.1. The van der Waals surface area contributed by atoms with Crippen LogP contribution in [-0.2, 0) is 9.59 Å². The molecule has 0 spiro atoms. The van der Waals surface area contributed by atoms with Crippen molar-refractivity contribution in [1.82, 2.24) is 0 Å². The van der Waals surface area contributed by atoms with Crippen LogP contribution in [0.15, 0.2) is 81.9 Å². The Hall–Kier alpha value is -3.98. The van der Waals surface area contributed by atoms with Gasteiger partial charge in [-0.25, -0.2) is 4.39 Å². The molecule has 0 radical (unpaired) electrons. The Balaban J connectivity index is 1.52. The zero-order valence-corrected chi connectivity index (χ0v) is 21.2. The molecule has 1 aliphatic heterocycles. The first-order valence-electron chi connectivity index (χ1n) is 11.2. The molecule has 0 fully saturated rings. The van der Waals surface area contributed by atoms with Gasteiger partial charge in [0, 0.05) is 10.2 Å². The summed E-state index contributed by atoms with van der Waals surface area (Å²) in [6.07, 6.45) is 1.74. The van der Waals surface area contributed by atoms with E-state index in [4.69, 9.17) is 9.47 Å². The highest BCUT2D eigenvalue weighted by Crippen LogP contribution is 2.36. The van der Waals surface area contributed by atoms with Gasteiger partial charge in [0.15, 0.2) is 18.1 Å². The van der Waals surface area contributed by atoms with Crippen molar-refractivity contribution in [2.24, 2.45) is 5.10 Å². The fraction of sp³-hybridized carbons (Fsp3) is 0.148. The Morgan fingerprint density at radius 2 is 1.78 bits per heavy atom. The second-order valence-electron chi connectivity index (χ2n) is 7.79. The van der Waals surface area contributed by atoms with Crippen LogP contribution >= 0.6 is 15.9 Å². The molecule has 0 bridgehead atoms. The predicted molar refractivity (Wildman–Crippen MR) is 141 cm³/mol. The van der Waals surface area contributed by atoms with E-state index >= 15 is 0 Å². The summed E-state index contributed by atoms with van der Waals surface area (Å²) in [6.45, 7) is 3.71. The average Bonchev–Trinajstić information content (AvgIpc) is 3.15. The number of rotatable bonds is 8. The Bertz CT molecular complexity index is 1340. The summed E-state index contributed by atoms with van der Waals surface area (Å²) in [5.74, 6) is -0.257. The number of hydrogen-bond donors (Lipinski definition) is 1. The van der Waals surface area contributed by atoms with Gasteiger partial charge in [0.05, 0.1) is 23.6 Å². The molecule has 1 aliphatic rings. The van der Waals surface area contributed by atoms with Gasteiger partial charge in [-0.1, -0.05) is 34.1 Å². The highest BCUT2D eigenvalue weighted by molar-refractivity contribution is 9.10. The summed E-state index contributed by atoms with van der Waals surface area (Å²) < 4.78 is 25.1. The van der Waals surface area contributed by atoms with Gasteiger partial charge >= 0.3 is 0 Å². The molecule has 184 valence electrons. The maximum absolute atomic E-state index is 13.1. The van der Waals surface area contributed by atoms with Crippen LogP contribution in [-0.4, -0.2) is 30.7 Å². The first-order chi connectivity index (χ1) is 17.4. The van der Waals surface area contributed by atoms with Crippen LogP contribution in [0, 0.1) is 5.82 Å². The fourth-order valence-corrected chi connectivity index (χ4v) is 3.94. The summed E-state index contributed by atoms with van der Waals surface area (Å²) in [5.41, 5.74) is 2.87. The van der Waals surface area contributed by atoms with Crippen molar-refractivity contribution in [1.29, 1.82) is 0 Å². The zero-order chi connectivity index (χ0) is 25.7. The Kier molecular flexibility index (Phi) is 7.80. The molecule has 9 heteroatoms. The van der Waals surface area contributed by atoms with E-state index in [2.05, 4.69) is 26.3 Å². The number of anilines is 2. The smallest absolute Gasteiger partial charge is 0.280 e. The van der Waals surface area contributed by atoms with Gasteiger partial charge in [0.2, 0.25) is 0 Å². The third-order valence-electron chi connectivity index (χ3n) is 5.21. The van der Waals surface area contributed by atoms with E-state index in [0.717, 1.165) is 0 Å². The minimum Gasteiger partial charge on any atom is -0.490 e. The molecule has 36 heavy (non-hydrogen) atoms. The third kappa shape index (κ3) is 5.80. The largest absolute Gasteiger partial charge is 0.490 e. The second kappa shape index (κ2) is 11.2. The average molecular weight is 552 g/mol. The molecule has 3 aromatic rings. The van der Waals surface area contributed by atoms with Crippen molar-refractivity contribution >= 4 is 50.9 Å². The maximum Gasteiger partial charge on any atom is 0.280 e. The zero-order valence-electron chi connectivity index (χ0n) is 19.6. The molecule has 0 atom stereocenters. The molecule has 0 aromatic heterocycles. The van der Waals surface area contributed by atoms with Gasteiger partial charge in [-0.3, -0.25) is 9.59 Å². The van der Waals surface area contributed by atoms with Gasteiger partial charge in [-0.2, -0.15) is 10.1 Å². The highest BCUT2D eigenvalue weighted by Gasteiger charge is 2.29. The van der Waals surface area contributed by atoms with Crippen molar-refractivity contribution in [3.63, 3.8) is 0 Å². The van der Waals surface area contributed by atoms with E-state index in [-0.39, 0.29) is 18.3 Å². The van der Waals surface area contributed by atoms with Crippen LogP contribution in [0.4, 0.5) is 15.8 Å². The molecule has 0 unspecified atom stereocenters. The number of nitrogens with zero attached hydrogens (tertiary/aromatic N) is 2. The lowest BCUT2D eigenvalue weighted by Gasteiger charge is -2.14. The molecular formula is C27H23BrFN3O4. The summed E-state index contributed by atoms with van der Waals surface area (Å²) in [6, 6.07) is 18.1. The minimum atomic E-state index is -0.407. The second-order valence-corrected chi connectivity index (χ2v) is 8.65. The van der Waals surface area contributed by atoms with Crippen molar-refractivity contribution in [2.75, 3.05) is 23.5 Å². The number of amides is 2. The molecule has 0 aliphatic carbocycles. The fourth-order valence-electron chi connectivity index (χ4n) is 3.50. The van der Waals surface area contributed by atoms with Gasteiger partial charge in [-0.15, -0.1) is 0 Å². The van der Waals surface area contributed by atoms with Crippen LogP contribution in [0.1, 0.15) is 19.4 Å². The first-order valence-corrected chi connectivity index (χ1v) is 12.0. The number of benzene rings is 3. The van der Waals surface area contributed by atoms with Crippen LogP contribution in [0.3, 0.4) is 0 Å². The third-order valence-corrected chi connectivity index (χ3v) is 5.90. The Morgan fingerprint density at radius 3 is 2.47 bits per heavy atom. The summed E-state index contributed by atoms with van der Waals surface area (Å²) in [7, 11) is 0. The van der Waals surface area contributed by atoms with Gasteiger partial charge in [0.25, 0.3) is 11.8 Å². The number of hydrazone groups is 1. The van der Waals surface area contributed by atoms with E-state index < -0.39 is 5.91 Å². The standard InChI is InChI=1S/C27H23BrFN3O4/c1-3-35-24-14-18(13-22-17(2)31-32(27(22)34)21-7-5-4-6-8-21)23(28)15-25(24)36-16-26(33)30-20-11-9-19(29)10-12-20/h4-15H,3,16H2,1-2H3,(H,30,33)/b22-13+. The minimum absolute atomic E-state index is 0.235. The van der Waals surface area contributed by atoms with Gasteiger partial charge < -0.3 is 14.8 Å². The number of nitrogens with one attached hydrogen (secondary N) is 1. The molecule has 7 nitrogen and oxygen atoms in total. The van der Waals surface area contributed by atoms with E-state index in [1.807, 2.05) is 37.3 Å². The van der Waals surface area contributed by atoms with Crippen molar-refractivity contribution in [2.45, 2.75) is 13.8 Å². The van der Waals surface area contributed by atoms with E-state index in [0.29, 0.717) is 50.8 Å². The number of halogens is 2. The van der Waals surface area contributed by atoms with Crippen LogP contribution in [0.25, 0.3) is 6.08 Å². The highest BCUT2D eigenvalue weighted by atomic mass is 79.9. The van der Waals surface area contributed by atoms with E-state index in [1.54, 1.807) is 25.1 Å². The molecule has 1 heterocycles.